The third kappa shape index (κ3) is 4.18. The van der Waals surface area contributed by atoms with Gasteiger partial charge in [0.1, 0.15) is 11.5 Å². The molecule has 1 amide bonds. The molecule has 1 N–H and O–H groups in total. The van der Waals surface area contributed by atoms with Crippen LogP contribution in [-0.4, -0.2) is 77.0 Å². The smallest absolute Gasteiger partial charge is 0.256 e. The van der Waals surface area contributed by atoms with Crippen molar-refractivity contribution in [2.24, 2.45) is 12.2 Å². The number of aromatic nitrogens is 1. The summed E-state index contributed by atoms with van der Waals surface area (Å²) in [5.41, 5.74) is 2.94. The summed E-state index contributed by atoms with van der Waals surface area (Å²) in [7, 11) is 1.86. The Morgan fingerprint density at radius 3 is 2.47 bits per heavy atom. The minimum absolute atomic E-state index is 0.00498. The predicted octanol–water partition coefficient (Wildman–Crippen LogP) is 2.40. The number of fused-ring (bicyclic) bond motifs is 1. The minimum Gasteiger partial charge on any atom is -0.411 e. The normalized spacial score (nSPS) is 19.3. The fraction of sp³-hybridized carbons (Fsp3) is 0.455. The van der Waals surface area contributed by atoms with E-state index in [1.807, 2.05) is 34.8 Å². The molecule has 3 heterocycles. The lowest BCUT2D eigenvalue weighted by Crippen LogP contribution is -2.47. The summed E-state index contributed by atoms with van der Waals surface area (Å²) in [5.74, 6) is -0.203. The Labute approximate surface area is 176 Å². The van der Waals surface area contributed by atoms with Gasteiger partial charge in [-0.1, -0.05) is 5.16 Å². The number of hydrogen-bond acceptors (Lipinski definition) is 5. The molecule has 2 aliphatic rings. The van der Waals surface area contributed by atoms with Crippen molar-refractivity contribution in [2.45, 2.75) is 12.8 Å². The van der Waals surface area contributed by atoms with Crippen LogP contribution in [0.4, 0.5) is 10.1 Å². The molecule has 1 aromatic carbocycles. The molecule has 30 heavy (non-hydrogen) atoms. The van der Waals surface area contributed by atoms with E-state index < -0.39 is 0 Å². The van der Waals surface area contributed by atoms with Gasteiger partial charge in [-0.05, 0) is 43.3 Å². The van der Waals surface area contributed by atoms with Crippen molar-refractivity contribution >= 4 is 17.3 Å². The van der Waals surface area contributed by atoms with Gasteiger partial charge in [-0.15, -0.1) is 0 Å². The van der Waals surface area contributed by atoms with Crippen molar-refractivity contribution in [3.8, 4) is 0 Å². The molecule has 4 rings (SSSR count). The van der Waals surface area contributed by atoms with E-state index in [1.54, 1.807) is 6.07 Å². The van der Waals surface area contributed by atoms with Crippen molar-refractivity contribution in [1.82, 2.24) is 14.4 Å². The van der Waals surface area contributed by atoms with E-state index >= 15 is 0 Å². The first-order chi connectivity index (χ1) is 14.6. The fourth-order valence-electron chi connectivity index (χ4n) is 4.37. The van der Waals surface area contributed by atoms with Crippen LogP contribution in [0.15, 0.2) is 41.7 Å². The molecular weight excluding hydrogens is 385 g/mol. The largest absolute Gasteiger partial charge is 0.411 e. The van der Waals surface area contributed by atoms with Crippen LogP contribution < -0.4 is 4.90 Å². The Hall–Kier alpha value is -2.87. The predicted molar refractivity (Wildman–Crippen MR) is 114 cm³/mol. The lowest BCUT2D eigenvalue weighted by molar-refractivity contribution is 0.0755. The van der Waals surface area contributed by atoms with Crippen LogP contribution in [0.1, 0.15) is 28.9 Å². The Morgan fingerprint density at radius 1 is 1.03 bits per heavy atom. The number of oxime groups is 1. The average molecular weight is 413 g/mol. The number of hydrogen-bond donors (Lipinski definition) is 1. The van der Waals surface area contributed by atoms with E-state index in [4.69, 9.17) is 0 Å². The highest BCUT2D eigenvalue weighted by Gasteiger charge is 2.28. The maximum Gasteiger partial charge on any atom is 0.256 e. The third-order valence-corrected chi connectivity index (χ3v) is 6.07. The van der Waals surface area contributed by atoms with Crippen LogP contribution in [0.3, 0.4) is 0 Å². The Bertz CT molecular complexity index is 916. The summed E-state index contributed by atoms with van der Waals surface area (Å²) >= 11 is 0. The van der Waals surface area contributed by atoms with Gasteiger partial charge in [0.15, 0.2) is 0 Å². The molecule has 7 nitrogen and oxygen atoms in total. The highest BCUT2D eigenvalue weighted by molar-refractivity contribution is 6.10. The number of carbonyl (C=O) groups is 1. The van der Waals surface area contributed by atoms with Crippen molar-refractivity contribution < 1.29 is 14.4 Å². The lowest BCUT2D eigenvalue weighted by Gasteiger charge is -2.36. The van der Waals surface area contributed by atoms with Gasteiger partial charge >= 0.3 is 0 Å². The second-order valence-corrected chi connectivity index (χ2v) is 7.94. The van der Waals surface area contributed by atoms with Crippen molar-refractivity contribution in [3.05, 3.63) is 53.6 Å². The van der Waals surface area contributed by atoms with Gasteiger partial charge in [-0.2, -0.15) is 0 Å². The first kappa shape index (κ1) is 20.4. The summed E-state index contributed by atoms with van der Waals surface area (Å²) < 4.78 is 15.0. The molecule has 0 saturated carbocycles. The number of aryl methyl sites for hydroxylation is 1. The maximum absolute atomic E-state index is 13.1. The minimum atomic E-state index is -0.208. The summed E-state index contributed by atoms with van der Waals surface area (Å²) in [4.78, 5) is 19.5. The van der Waals surface area contributed by atoms with E-state index in [-0.39, 0.29) is 11.7 Å². The van der Waals surface area contributed by atoms with E-state index in [1.165, 1.54) is 12.1 Å². The lowest BCUT2D eigenvalue weighted by atomic mass is 10.1. The van der Waals surface area contributed by atoms with Crippen LogP contribution in [-0.2, 0) is 7.05 Å². The number of nitrogens with zero attached hydrogens (tertiary/aromatic N) is 5. The molecule has 2 aliphatic heterocycles. The Morgan fingerprint density at radius 2 is 1.77 bits per heavy atom. The van der Waals surface area contributed by atoms with Crippen molar-refractivity contribution in [3.63, 3.8) is 0 Å². The second-order valence-electron chi connectivity index (χ2n) is 7.94. The molecule has 1 aromatic heterocycles. The average Bonchev–Trinajstić information content (AvgIpc) is 3.08. The SMILES string of the molecule is Cn1ccc2c1/C(=N\O)CCN(CCCN1CCN(c3ccc(F)cc3)CC1)C2=O. The van der Waals surface area contributed by atoms with Gasteiger partial charge < -0.3 is 19.6 Å². The van der Waals surface area contributed by atoms with Gasteiger partial charge in [-0.25, -0.2) is 4.39 Å². The van der Waals surface area contributed by atoms with Crippen molar-refractivity contribution in [1.29, 1.82) is 0 Å². The molecule has 2 aromatic rings. The van der Waals surface area contributed by atoms with Gasteiger partial charge in [0.05, 0.1) is 11.3 Å². The van der Waals surface area contributed by atoms with Gasteiger partial charge in [0.2, 0.25) is 0 Å². The first-order valence-corrected chi connectivity index (χ1v) is 10.5. The number of benzene rings is 1. The number of carbonyl (C=O) groups excluding carboxylic acids is 1. The number of halogens is 1. The zero-order chi connectivity index (χ0) is 21.1. The molecule has 8 heteroatoms. The number of rotatable bonds is 5. The first-order valence-electron chi connectivity index (χ1n) is 10.5. The molecule has 0 radical (unpaired) electrons. The van der Waals surface area contributed by atoms with Crippen LogP contribution in [0.2, 0.25) is 0 Å². The zero-order valence-corrected chi connectivity index (χ0v) is 17.3. The molecule has 1 fully saturated rings. The maximum atomic E-state index is 13.1. The number of anilines is 1. The quantitative estimate of drug-likeness (QED) is 0.604. The molecule has 0 unspecified atom stereocenters. The molecule has 160 valence electrons. The highest BCUT2D eigenvalue weighted by Crippen LogP contribution is 2.21. The molecule has 1 saturated heterocycles. The summed E-state index contributed by atoms with van der Waals surface area (Å²) in [6, 6.07) is 8.47. The van der Waals surface area contributed by atoms with Gasteiger partial charge in [-0.3, -0.25) is 9.69 Å². The van der Waals surface area contributed by atoms with Gasteiger partial charge in [0.25, 0.3) is 5.91 Å². The fourth-order valence-corrected chi connectivity index (χ4v) is 4.37. The van der Waals surface area contributed by atoms with Crippen LogP contribution in [0, 0.1) is 5.82 Å². The summed E-state index contributed by atoms with van der Waals surface area (Å²) in [6.45, 7) is 5.92. The molecule has 0 atom stereocenters. The van der Waals surface area contributed by atoms with Crippen LogP contribution in [0.5, 0.6) is 0 Å². The van der Waals surface area contributed by atoms with E-state index in [0.29, 0.717) is 36.5 Å². The molecule has 0 bridgehead atoms. The van der Waals surface area contributed by atoms with Crippen molar-refractivity contribution in [2.75, 3.05) is 50.7 Å². The summed E-state index contributed by atoms with van der Waals surface area (Å²) in [6.07, 6.45) is 3.28. The topological polar surface area (TPSA) is 64.3 Å². The van der Waals surface area contributed by atoms with Crippen LogP contribution >= 0.6 is 0 Å². The Balaban J connectivity index is 1.28. The van der Waals surface area contributed by atoms with Crippen LogP contribution in [0.25, 0.3) is 0 Å². The van der Waals surface area contributed by atoms with Gasteiger partial charge in [0, 0.05) is 64.6 Å². The monoisotopic (exact) mass is 413 g/mol. The molecular formula is C22H28FN5O2. The zero-order valence-electron chi connectivity index (χ0n) is 17.3. The number of amides is 1. The van der Waals surface area contributed by atoms with E-state index in [0.717, 1.165) is 44.8 Å². The van der Waals surface area contributed by atoms with E-state index in [9.17, 15) is 14.4 Å². The van der Waals surface area contributed by atoms with E-state index in [2.05, 4.69) is 15.0 Å². The second kappa shape index (κ2) is 8.87. The molecule has 0 spiro atoms. The standard InChI is InChI=1S/C22H28FN5O2/c1-25-11-7-19-21(25)20(24-30)8-12-28(22(19)29)10-2-9-26-13-15-27(16-14-26)18-5-3-17(23)4-6-18/h3-7,11,30H,2,8-10,12-16H2,1H3/b24-20-. The third-order valence-electron chi connectivity index (χ3n) is 6.07. The highest BCUT2D eigenvalue weighted by atomic mass is 19.1. The summed E-state index contributed by atoms with van der Waals surface area (Å²) in [5, 5.41) is 12.8. The Kier molecular flexibility index (Phi) is 6.03. The molecule has 0 aliphatic carbocycles. The number of piperazine rings is 1.